The van der Waals surface area contributed by atoms with E-state index < -0.39 is 5.54 Å². The summed E-state index contributed by atoms with van der Waals surface area (Å²) in [7, 11) is 0. The highest BCUT2D eigenvalue weighted by Gasteiger charge is 2.24. The number of benzene rings is 1. The standard InChI is InChI=1S/C15H21ClN4/c1-11(2)9-20-14(18-10-19-20)8-15(3,17)12-4-6-13(16)7-5-12/h4-7,10-11H,8-9,17H2,1-3H3. The minimum Gasteiger partial charge on any atom is -0.321 e. The first-order valence-corrected chi connectivity index (χ1v) is 7.18. The first-order valence-electron chi connectivity index (χ1n) is 6.80. The normalized spacial score (nSPS) is 14.5. The lowest BCUT2D eigenvalue weighted by atomic mass is 9.89. The van der Waals surface area contributed by atoms with Crippen LogP contribution in [-0.2, 0) is 18.5 Å². The van der Waals surface area contributed by atoms with Gasteiger partial charge in [0.05, 0.1) is 0 Å². The number of aromatic nitrogens is 3. The van der Waals surface area contributed by atoms with Crippen LogP contribution in [0, 0.1) is 5.92 Å². The van der Waals surface area contributed by atoms with E-state index in [4.69, 9.17) is 17.3 Å². The molecule has 1 aromatic carbocycles. The maximum absolute atomic E-state index is 6.45. The fourth-order valence-corrected chi connectivity index (χ4v) is 2.31. The third-order valence-electron chi connectivity index (χ3n) is 3.26. The molecule has 0 bridgehead atoms. The van der Waals surface area contributed by atoms with E-state index in [2.05, 4.69) is 23.9 Å². The molecular formula is C15H21ClN4. The summed E-state index contributed by atoms with van der Waals surface area (Å²) >= 11 is 5.92. The second-order valence-electron chi connectivity index (χ2n) is 5.85. The SMILES string of the molecule is CC(C)Cn1ncnc1CC(C)(N)c1ccc(Cl)cc1. The van der Waals surface area contributed by atoms with Gasteiger partial charge in [-0.3, -0.25) is 0 Å². The summed E-state index contributed by atoms with van der Waals surface area (Å²) in [5, 5.41) is 4.99. The summed E-state index contributed by atoms with van der Waals surface area (Å²) in [6.07, 6.45) is 2.23. The molecule has 2 aromatic rings. The number of hydrogen-bond donors (Lipinski definition) is 1. The van der Waals surface area contributed by atoms with Crippen LogP contribution in [0.2, 0.25) is 5.02 Å². The summed E-state index contributed by atoms with van der Waals surface area (Å²) in [6, 6.07) is 7.65. The topological polar surface area (TPSA) is 56.7 Å². The van der Waals surface area contributed by atoms with Crippen LogP contribution < -0.4 is 5.73 Å². The molecule has 20 heavy (non-hydrogen) atoms. The van der Waals surface area contributed by atoms with Gasteiger partial charge in [0.25, 0.3) is 0 Å². The minimum atomic E-state index is -0.494. The molecule has 1 unspecified atom stereocenters. The van der Waals surface area contributed by atoms with E-state index >= 15 is 0 Å². The Morgan fingerprint density at radius 1 is 1.30 bits per heavy atom. The van der Waals surface area contributed by atoms with Crippen LogP contribution in [-0.4, -0.2) is 14.8 Å². The van der Waals surface area contributed by atoms with Gasteiger partial charge in [0, 0.05) is 23.5 Å². The van der Waals surface area contributed by atoms with E-state index in [9.17, 15) is 0 Å². The van der Waals surface area contributed by atoms with Gasteiger partial charge >= 0.3 is 0 Å². The Hall–Kier alpha value is -1.39. The van der Waals surface area contributed by atoms with E-state index in [-0.39, 0.29) is 0 Å². The van der Waals surface area contributed by atoms with Crippen LogP contribution in [0.4, 0.5) is 0 Å². The molecule has 0 radical (unpaired) electrons. The molecule has 0 saturated heterocycles. The maximum atomic E-state index is 6.45. The quantitative estimate of drug-likeness (QED) is 0.921. The van der Waals surface area contributed by atoms with Crippen LogP contribution in [0.25, 0.3) is 0 Å². The monoisotopic (exact) mass is 292 g/mol. The lowest BCUT2D eigenvalue weighted by Gasteiger charge is -2.25. The van der Waals surface area contributed by atoms with E-state index in [1.54, 1.807) is 6.33 Å². The van der Waals surface area contributed by atoms with Crippen molar-refractivity contribution < 1.29 is 0 Å². The van der Waals surface area contributed by atoms with Gasteiger partial charge < -0.3 is 5.73 Å². The molecule has 1 aromatic heterocycles. The molecule has 0 aliphatic carbocycles. The van der Waals surface area contributed by atoms with Gasteiger partial charge in [-0.05, 0) is 30.5 Å². The van der Waals surface area contributed by atoms with Crippen molar-refractivity contribution in [3.05, 3.63) is 47.0 Å². The predicted molar refractivity (Wildman–Crippen MR) is 81.6 cm³/mol. The Labute approximate surface area is 125 Å². The second kappa shape index (κ2) is 5.94. The molecule has 5 heteroatoms. The minimum absolute atomic E-state index is 0.494. The van der Waals surface area contributed by atoms with Crippen molar-refractivity contribution in [1.29, 1.82) is 0 Å². The van der Waals surface area contributed by atoms with Gasteiger partial charge in [0.15, 0.2) is 0 Å². The zero-order chi connectivity index (χ0) is 14.8. The highest BCUT2D eigenvalue weighted by Crippen LogP contribution is 2.23. The summed E-state index contributed by atoms with van der Waals surface area (Å²) in [5.41, 5.74) is 7.00. The number of rotatable bonds is 5. The summed E-state index contributed by atoms with van der Waals surface area (Å²) in [4.78, 5) is 4.34. The molecule has 2 N–H and O–H groups in total. The van der Waals surface area contributed by atoms with Gasteiger partial charge in [-0.15, -0.1) is 0 Å². The van der Waals surface area contributed by atoms with Crippen molar-refractivity contribution in [3.63, 3.8) is 0 Å². The van der Waals surface area contributed by atoms with Crippen LogP contribution in [0.1, 0.15) is 32.2 Å². The average Bonchev–Trinajstić information content (AvgIpc) is 2.75. The number of nitrogens with two attached hydrogens (primary N) is 1. The molecule has 108 valence electrons. The molecular weight excluding hydrogens is 272 g/mol. The first-order chi connectivity index (χ1) is 9.38. The lowest BCUT2D eigenvalue weighted by molar-refractivity contribution is 0.422. The third-order valence-corrected chi connectivity index (χ3v) is 3.51. The van der Waals surface area contributed by atoms with Gasteiger partial charge in [0.1, 0.15) is 12.2 Å². The summed E-state index contributed by atoms with van der Waals surface area (Å²) in [6.45, 7) is 7.18. The van der Waals surface area contributed by atoms with E-state index in [1.807, 2.05) is 35.9 Å². The van der Waals surface area contributed by atoms with Crippen molar-refractivity contribution in [3.8, 4) is 0 Å². The van der Waals surface area contributed by atoms with Crippen molar-refractivity contribution in [2.45, 2.75) is 39.3 Å². The Morgan fingerprint density at radius 2 is 1.95 bits per heavy atom. The second-order valence-corrected chi connectivity index (χ2v) is 6.29. The Bertz CT molecular complexity index is 558. The largest absolute Gasteiger partial charge is 0.321 e. The molecule has 0 saturated carbocycles. The molecule has 0 amide bonds. The van der Waals surface area contributed by atoms with E-state index in [0.717, 1.165) is 17.9 Å². The molecule has 1 atom stereocenters. The number of nitrogens with zero attached hydrogens (tertiary/aromatic N) is 3. The van der Waals surface area contributed by atoms with E-state index in [1.165, 1.54) is 0 Å². The van der Waals surface area contributed by atoms with Crippen LogP contribution in [0.3, 0.4) is 0 Å². The van der Waals surface area contributed by atoms with Crippen LogP contribution in [0.15, 0.2) is 30.6 Å². The zero-order valence-corrected chi connectivity index (χ0v) is 12.9. The van der Waals surface area contributed by atoms with Crippen LogP contribution >= 0.6 is 11.6 Å². The Kier molecular flexibility index (Phi) is 4.45. The van der Waals surface area contributed by atoms with Crippen LogP contribution in [0.5, 0.6) is 0 Å². The highest BCUT2D eigenvalue weighted by molar-refractivity contribution is 6.30. The van der Waals surface area contributed by atoms with Gasteiger partial charge in [-0.2, -0.15) is 5.10 Å². The Balaban J connectivity index is 2.19. The van der Waals surface area contributed by atoms with E-state index in [0.29, 0.717) is 17.4 Å². The van der Waals surface area contributed by atoms with Gasteiger partial charge in [0.2, 0.25) is 0 Å². The smallest absolute Gasteiger partial charge is 0.138 e. The van der Waals surface area contributed by atoms with Gasteiger partial charge in [-0.1, -0.05) is 37.6 Å². The van der Waals surface area contributed by atoms with Crippen molar-refractivity contribution in [2.24, 2.45) is 11.7 Å². The molecule has 0 spiro atoms. The highest BCUT2D eigenvalue weighted by atomic mass is 35.5. The maximum Gasteiger partial charge on any atom is 0.138 e. The Morgan fingerprint density at radius 3 is 2.55 bits per heavy atom. The fraction of sp³-hybridized carbons (Fsp3) is 0.467. The van der Waals surface area contributed by atoms with Gasteiger partial charge in [-0.25, -0.2) is 9.67 Å². The molecule has 4 nitrogen and oxygen atoms in total. The zero-order valence-electron chi connectivity index (χ0n) is 12.2. The first kappa shape index (κ1) is 15.0. The van der Waals surface area contributed by atoms with Crippen molar-refractivity contribution in [2.75, 3.05) is 0 Å². The summed E-state index contributed by atoms with van der Waals surface area (Å²) in [5.74, 6) is 1.44. The molecule has 2 rings (SSSR count). The molecule has 1 heterocycles. The average molecular weight is 293 g/mol. The van der Waals surface area contributed by atoms with Crippen molar-refractivity contribution in [1.82, 2.24) is 14.8 Å². The molecule has 0 aliphatic rings. The third kappa shape index (κ3) is 3.58. The fourth-order valence-electron chi connectivity index (χ4n) is 2.18. The summed E-state index contributed by atoms with van der Waals surface area (Å²) < 4.78 is 1.94. The molecule has 0 fully saturated rings. The lowest BCUT2D eigenvalue weighted by Crippen LogP contribution is -2.36. The predicted octanol–water partition coefficient (Wildman–Crippen LogP) is 3.00. The molecule has 0 aliphatic heterocycles. The number of hydrogen-bond acceptors (Lipinski definition) is 3. The van der Waals surface area contributed by atoms with Crippen molar-refractivity contribution >= 4 is 11.6 Å². The number of halogens is 1.